The third-order valence-corrected chi connectivity index (χ3v) is 3.81. The van der Waals surface area contributed by atoms with Gasteiger partial charge >= 0.3 is 0 Å². The number of unbranched alkanes of at least 4 members (excludes halogenated alkanes) is 1. The molecule has 1 saturated carbocycles. The zero-order valence-corrected chi connectivity index (χ0v) is 11.1. The Labute approximate surface area is 101 Å². The van der Waals surface area contributed by atoms with Gasteiger partial charge in [0, 0.05) is 19.3 Å². The molecule has 0 heterocycles. The highest BCUT2D eigenvalue weighted by Gasteiger charge is 2.21. The van der Waals surface area contributed by atoms with Crippen molar-refractivity contribution in [2.75, 3.05) is 20.3 Å². The molecule has 96 valence electrons. The van der Waals surface area contributed by atoms with Gasteiger partial charge in [0.2, 0.25) is 0 Å². The van der Waals surface area contributed by atoms with Crippen LogP contribution < -0.4 is 5.32 Å². The summed E-state index contributed by atoms with van der Waals surface area (Å²) in [5, 5.41) is 3.48. The molecule has 2 heteroatoms. The maximum Gasteiger partial charge on any atom is 0.0480 e. The third-order valence-electron chi connectivity index (χ3n) is 3.81. The van der Waals surface area contributed by atoms with Crippen LogP contribution in [0.1, 0.15) is 58.3 Å². The first-order valence-corrected chi connectivity index (χ1v) is 7.13. The Morgan fingerprint density at radius 3 is 2.56 bits per heavy atom. The maximum absolute atomic E-state index is 5.66. The van der Waals surface area contributed by atoms with Crippen LogP contribution in [0.5, 0.6) is 0 Å². The molecule has 1 fully saturated rings. The van der Waals surface area contributed by atoms with E-state index in [2.05, 4.69) is 19.3 Å². The van der Waals surface area contributed by atoms with Gasteiger partial charge in [-0.1, -0.05) is 32.6 Å². The van der Waals surface area contributed by atoms with E-state index in [1.807, 2.05) is 0 Å². The monoisotopic (exact) mass is 227 g/mol. The SMILES string of the molecule is CCCCOCCC(NC)C1CCCCC1. The van der Waals surface area contributed by atoms with E-state index in [0.29, 0.717) is 6.04 Å². The van der Waals surface area contributed by atoms with Gasteiger partial charge in [-0.2, -0.15) is 0 Å². The molecule has 0 aromatic rings. The van der Waals surface area contributed by atoms with E-state index in [1.165, 1.54) is 51.4 Å². The van der Waals surface area contributed by atoms with Crippen LogP contribution in [0, 0.1) is 5.92 Å². The molecule has 0 amide bonds. The Kier molecular flexibility index (Phi) is 7.87. The van der Waals surface area contributed by atoms with Gasteiger partial charge in [0.1, 0.15) is 0 Å². The molecule has 1 aliphatic rings. The van der Waals surface area contributed by atoms with Gasteiger partial charge in [-0.3, -0.25) is 0 Å². The molecule has 1 N–H and O–H groups in total. The molecule has 0 aliphatic heterocycles. The maximum atomic E-state index is 5.66. The minimum absolute atomic E-state index is 0.682. The molecule has 0 aromatic carbocycles. The van der Waals surface area contributed by atoms with E-state index in [0.717, 1.165) is 19.1 Å². The van der Waals surface area contributed by atoms with Crippen molar-refractivity contribution in [2.45, 2.75) is 64.3 Å². The average molecular weight is 227 g/mol. The molecule has 2 nitrogen and oxygen atoms in total. The highest BCUT2D eigenvalue weighted by Crippen LogP contribution is 2.27. The fraction of sp³-hybridized carbons (Fsp3) is 1.00. The summed E-state index contributed by atoms with van der Waals surface area (Å²) >= 11 is 0. The van der Waals surface area contributed by atoms with Crippen molar-refractivity contribution >= 4 is 0 Å². The smallest absolute Gasteiger partial charge is 0.0480 e. The normalized spacial score (nSPS) is 19.9. The zero-order valence-electron chi connectivity index (χ0n) is 11.1. The lowest BCUT2D eigenvalue weighted by atomic mass is 9.83. The molecule has 0 saturated heterocycles. The lowest BCUT2D eigenvalue weighted by molar-refractivity contribution is 0.111. The van der Waals surface area contributed by atoms with E-state index in [9.17, 15) is 0 Å². The van der Waals surface area contributed by atoms with E-state index in [1.54, 1.807) is 0 Å². The predicted molar refractivity (Wildman–Crippen MR) is 69.8 cm³/mol. The van der Waals surface area contributed by atoms with E-state index >= 15 is 0 Å². The minimum Gasteiger partial charge on any atom is -0.381 e. The number of hydrogen-bond acceptors (Lipinski definition) is 2. The van der Waals surface area contributed by atoms with Gasteiger partial charge in [0.25, 0.3) is 0 Å². The second kappa shape index (κ2) is 9.00. The average Bonchev–Trinajstić information content (AvgIpc) is 2.35. The summed E-state index contributed by atoms with van der Waals surface area (Å²) in [6.07, 6.45) is 10.8. The Morgan fingerprint density at radius 2 is 1.94 bits per heavy atom. The molecule has 16 heavy (non-hydrogen) atoms. The van der Waals surface area contributed by atoms with Crippen LogP contribution in [-0.2, 0) is 4.74 Å². The highest BCUT2D eigenvalue weighted by atomic mass is 16.5. The van der Waals surface area contributed by atoms with Crippen molar-refractivity contribution in [3.8, 4) is 0 Å². The summed E-state index contributed by atoms with van der Waals surface area (Å²) in [4.78, 5) is 0. The van der Waals surface area contributed by atoms with E-state index in [-0.39, 0.29) is 0 Å². The van der Waals surface area contributed by atoms with Gasteiger partial charge in [-0.05, 0) is 38.6 Å². The van der Waals surface area contributed by atoms with Crippen LogP contribution in [0.25, 0.3) is 0 Å². The van der Waals surface area contributed by atoms with Gasteiger partial charge in [0.05, 0.1) is 0 Å². The van der Waals surface area contributed by atoms with Crippen molar-refractivity contribution in [3.63, 3.8) is 0 Å². The second-order valence-corrected chi connectivity index (χ2v) is 5.05. The molecule has 0 bridgehead atoms. The first-order chi connectivity index (χ1) is 7.88. The molecule has 1 rings (SSSR count). The lowest BCUT2D eigenvalue weighted by Gasteiger charge is -2.30. The standard InChI is InChI=1S/C14H29NO/c1-3-4-11-16-12-10-14(15-2)13-8-6-5-7-9-13/h13-15H,3-12H2,1-2H3. The Morgan fingerprint density at radius 1 is 1.19 bits per heavy atom. The second-order valence-electron chi connectivity index (χ2n) is 5.05. The van der Waals surface area contributed by atoms with Gasteiger partial charge in [-0.15, -0.1) is 0 Å². The summed E-state index contributed by atoms with van der Waals surface area (Å²) in [7, 11) is 2.10. The predicted octanol–water partition coefficient (Wildman–Crippen LogP) is 3.36. The van der Waals surface area contributed by atoms with Crippen LogP contribution in [0.4, 0.5) is 0 Å². The number of ether oxygens (including phenoxy) is 1. The summed E-state index contributed by atoms with van der Waals surface area (Å²) in [6.45, 7) is 4.08. The first-order valence-electron chi connectivity index (χ1n) is 7.13. The molecular weight excluding hydrogens is 198 g/mol. The number of rotatable bonds is 8. The number of nitrogens with one attached hydrogen (secondary N) is 1. The van der Waals surface area contributed by atoms with E-state index < -0.39 is 0 Å². The van der Waals surface area contributed by atoms with Crippen molar-refractivity contribution in [1.29, 1.82) is 0 Å². The van der Waals surface area contributed by atoms with Gasteiger partial charge in [-0.25, -0.2) is 0 Å². The minimum atomic E-state index is 0.682. The van der Waals surface area contributed by atoms with Crippen molar-refractivity contribution in [2.24, 2.45) is 5.92 Å². The Hall–Kier alpha value is -0.0800. The molecule has 0 aromatic heterocycles. The first kappa shape index (κ1) is 14.0. The molecule has 1 atom stereocenters. The Balaban J connectivity index is 2.10. The van der Waals surface area contributed by atoms with Crippen LogP contribution in [0.3, 0.4) is 0 Å². The number of hydrogen-bond donors (Lipinski definition) is 1. The third kappa shape index (κ3) is 5.31. The molecule has 0 radical (unpaired) electrons. The molecular formula is C14H29NO. The van der Waals surface area contributed by atoms with E-state index in [4.69, 9.17) is 4.74 Å². The highest BCUT2D eigenvalue weighted by molar-refractivity contribution is 4.78. The fourth-order valence-corrected chi connectivity index (χ4v) is 2.71. The summed E-state index contributed by atoms with van der Waals surface area (Å²) in [5.74, 6) is 0.897. The topological polar surface area (TPSA) is 21.3 Å². The zero-order chi connectivity index (χ0) is 11.6. The fourth-order valence-electron chi connectivity index (χ4n) is 2.71. The summed E-state index contributed by atoms with van der Waals surface area (Å²) in [6, 6.07) is 0.682. The lowest BCUT2D eigenvalue weighted by Crippen LogP contribution is -2.35. The summed E-state index contributed by atoms with van der Waals surface area (Å²) < 4.78 is 5.66. The van der Waals surface area contributed by atoms with Gasteiger partial charge in [0.15, 0.2) is 0 Å². The van der Waals surface area contributed by atoms with Crippen LogP contribution in [0.15, 0.2) is 0 Å². The van der Waals surface area contributed by atoms with Gasteiger partial charge < -0.3 is 10.1 Å². The quantitative estimate of drug-likeness (QED) is 0.642. The van der Waals surface area contributed by atoms with Crippen LogP contribution >= 0.6 is 0 Å². The Bertz CT molecular complexity index is 155. The molecule has 1 aliphatic carbocycles. The summed E-state index contributed by atoms with van der Waals surface area (Å²) in [5.41, 5.74) is 0. The molecule has 1 unspecified atom stereocenters. The van der Waals surface area contributed by atoms with Crippen molar-refractivity contribution in [1.82, 2.24) is 5.32 Å². The van der Waals surface area contributed by atoms with Crippen LogP contribution in [0.2, 0.25) is 0 Å². The van der Waals surface area contributed by atoms with Crippen molar-refractivity contribution < 1.29 is 4.74 Å². The molecule has 0 spiro atoms. The van der Waals surface area contributed by atoms with Crippen LogP contribution in [-0.4, -0.2) is 26.3 Å². The largest absolute Gasteiger partial charge is 0.381 e. The van der Waals surface area contributed by atoms with Crippen molar-refractivity contribution in [3.05, 3.63) is 0 Å².